The standard InChI is InChI=1S/C23H23N5O2S/c1-14-10-11-19(12-15(14)2)28-21(18-8-6-5-7-9-18)25-26-23(28)31-17(4)22(29)24-20-13-16(3)27-30-20/h5-13,17H,1-4H3,(H,24,29). The summed E-state index contributed by atoms with van der Waals surface area (Å²) >= 11 is 1.34. The molecule has 0 fully saturated rings. The Morgan fingerprint density at radius 3 is 2.48 bits per heavy atom. The Bertz CT molecular complexity index is 1220. The van der Waals surface area contributed by atoms with Crippen LogP contribution in [0.3, 0.4) is 0 Å². The Morgan fingerprint density at radius 1 is 1.03 bits per heavy atom. The fourth-order valence-corrected chi connectivity index (χ4v) is 3.94. The third-order valence-electron chi connectivity index (χ3n) is 4.94. The number of amides is 1. The summed E-state index contributed by atoms with van der Waals surface area (Å²) < 4.78 is 7.09. The van der Waals surface area contributed by atoms with Gasteiger partial charge in [0.2, 0.25) is 11.8 Å². The molecule has 1 unspecified atom stereocenters. The van der Waals surface area contributed by atoms with Crippen molar-refractivity contribution < 1.29 is 9.32 Å². The zero-order valence-electron chi connectivity index (χ0n) is 17.8. The molecule has 1 N–H and O–H groups in total. The van der Waals surface area contributed by atoms with Crippen LogP contribution in [0.25, 0.3) is 17.1 Å². The van der Waals surface area contributed by atoms with Crippen molar-refractivity contribution in [3.05, 3.63) is 71.4 Å². The van der Waals surface area contributed by atoms with Gasteiger partial charge >= 0.3 is 0 Å². The average molecular weight is 434 g/mol. The van der Waals surface area contributed by atoms with E-state index in [0.29, 0.717) is 16.7 Å². The molecule has 0 saturated carbocycles. The molecule has 1 amide bonds. The summed E-state index contributed by atoms with van der Waals surface area (Å²) in [5.41, 5.74) is 5.00. The summed E-state index contributed by atoms with van der Waals surface area (Å²) in [4.78, 5) is 12.7. The van der Waals surface area contributed by atoms with Crippen LogP contribution >= 0.6 is 11.8 Å². The summed E-state index contributed by atoms with van der Waals surface area (Å²) in [6.07, 6.45) is 0. The van der Waals surface area contributed by atoms with Crippen molar-refractivity contribution in [2.45, 2.75) is 38.1 Å². The number of nitrogens with one attached hydrogen (secondary N) is 1. The van der Waals surface area contributed by atoms with Crippen molar-refractivity contribution in [2.75, 3.05) is 5.32 Å². The first-order valence-electron chi connectivity index (χ1n) is 9.91. The summed E-state index contributed by atoms with van der Waals surface area (Å²) in [6.45, 7) is 7.78. The van der Waals surface area contributed by atoms with E-state index in [4.69, 9.17) is 4.52 Å². The maximum absolute atomic E-state index is 12.7. The minimum atomic E-state index is -0.427. The highest BCUT2D eigenvalue weighted by atomic mass is 32.2. The lowest BCUT2D eigenvalue weighted by Crippen LogP contribution is -2.22. The lowest BCUT2D eigenvalue weighted by molar-refractivity contribution is -0.115. The predicted molar refractivity (Wildman–Crippen MR) is 121 cm³/mol. The minimum Gasteiger partial charge on any atom is -0.338 e. The normalized spacial score (nSPS) is 12.0. The van der Waals surface area contributed by atoms with Crippen LogP contribution in [0, 0.1) is 20.8 Å². The predicted octanol–water partition coefficient (Wildman–Crippen LogP) is 4.97. The molecule has 8 heteroatoms. The number of thioether (sulfide) groups is 1. The minimum absolute atomic E-state index is 0.197. The van der Waals surface area contributed by atoms with Crippen molar-refractivity contribution in [1.29, 1.82) is 0 Å². The Balaban J connectivity index is 1.67. The highest BCUT2D eigenvalue weighted by molar-refractivity contribution is 8.00. The molecule has 0 aliphatic heterocycles. The number of anilines is 1. The first-order chi connectivity index (χ1) is 14.9. The molecule has 0 bridgehead atoms. The van der Waals surface area contributed by atoms with E-state index in [1.165, 1.54) is 22.9 Å². The van der Waals surface area contributed by atoms with Gasteiger partial charge in [-0.2, -0.15) is 0 Å². The van der Waals surface area contributed by atoms with Crippen LogP contribution in [0.2, 0.25) is 0 Å². The van der Waals surface area contributed by atoms with Gasteiger partial charge in [0.15, 0.2) is 11.0 Å². The SMILES string of the molecule is Cc1cc(NC(=O)C(C)Sc2nnc(-c3ccccc3)n2-c2ccc(C)c(C)c2)on1. The van der Waals surface area contributed by atoms with Crippen molar-refractivity contribution in [3.63, 3.8) is 0 Å². The van der Waals surface area contributed by atoms with Crippen LogP contribution in [0.15, 0.2) is 64.3 Å². The third kappa shape index (κ3) is 4.54. The molecule has 0 aliphatic rings. The number of rotatable bonds is 6. The topological polar surface area (TPSA) is 85.8 Å². The van der Waals surface area contributed by atoms with Gasteiger partial charge in [-0.15, -0.1) is 10.2 Å². The number of hydrogen-bond acceptors (Lipinski definition) is 6. The summed E-state index contributed by atoms with van der Waals surface area (Å²) in [6, 6.07) is 17.8. The Morgan fingerprint density at radius 2 is 1.81 bits per heavy atom. The number of benzene rings is 2. The number of carbonyl (C=O) groups is 1. The zero-order valence-corrected chi connectivity index (χ0v) is 18.6. The van der Waals surface area contributed by atoms with E-state index < -0.39 is 5.25 Å². The fraction of sp³-hybridized carbons (Fsp3) is 0.217. The van der Waals surface area contributed by atoms with E-state index in [9.17, 15) is 4.79 Å². The molecule has 2 aromatic heterocycles. The average Bonchev–Trinajstić information content (AvgIpc) is 3.36. The molecule has 4 rings (SSSR count). The molecule has 1 atom stereocenters. The largest absolute Gasteiger partial charge is 0.338 e. The smallest absolute Gasteiger partial charge is 0.240 e. The molecule has 7 nitrogen and oxygen atoms in total. The number of aryl methyl sites for hydroxylation is 3. The van der Waals surface area contributed by atoms with Gasteiger partial charge in [0.1, 0.15) is 0 Å². The Hall–Kier alpha value is -3.39. The Kier molecular flexibility index (Phi) is 5.90. The van der Waals surface area contributed by atoms with Crippen molar-refractivity contribution in [2.24, 2.45) is 0 Å². The van der Waals surface area contributed by atoms with Gasteiger partial charge in [0.05, 0.1) is 16.6 Å². The van der Waals surface area contributed by atoms with Crippen molar-refractivity contribution in [3.8, 4) is 17.1 Å². The van der Waals surface area contributed by atoms with E-state index in [0.717, 1.165) is 17.1 Å². The summed E-state index contributed by atoms with van der Waals surface area (Å²) in [5.74, 6) is 0.859. The summed E-state index contributed by atoms with van der Waals surface area (Å²) in [5, 5.41) is 15.6. The highest BCUT2D eigenvalue weighted by Crippen LogP contribution is 2.31. The number of carbonyl (C=O) groups excluding carboxylic acids is 1. The van der Waals surface area contributed by atoms with Gasteiger partial charge in [-0.1, -0.05) is 53.3 Å². The molecule has 2 heterocycles. The molecule has 31 heavy (non-hydrogen) atoms. The van der Waals surface area contributed by atoms with Crippen LogP contribution in [-0.2, 0) is 4.79 Å². The van der Waals surface area contributed by atoms with Gasteiger partial charge < -0.3 is 4.52 Å². The lowest BCUT2D eigenvalue weighted by Gasteiger charge is -2.14. The summed E-state index contributed by atoms with van der Waals surface area (Å²) in [7, 11) is 0. The molecule has 0 saturated heterocycles. The van der Waals surface area contributed by atoms with E-state index in [2.05, 4.69) is 46.7 Å². The first-order valence-corrected chi connectivity index (χ1v) is 10.8. The first kappa shape index (κ1) is 20.9. The quantitative estimate of drug-likeness (QED) is 0.432. The van der Waals surface area contributed by atoms with Gasteiger partial charge in [-0.25, -0.2) is 0 Å². The van der Waals surface area contributed by atoms with Gasteiger partial charge in [-0.05, 0) is 51.0 Å². The fourth-order valence-electron chi connectivity index (χ4n) is 3.08. The molecule has 0 aliphatic carbocycles. The van der Waals surface area contributed by atoms with Gasteiger partial charge in [0, 0.05) is 11.6 Å². The second-order valence-electron chi connectivity index (χ2n) is 7.36. The molecule has 0 spiro atoms. The van der Waals surface area contributed by atoms with Gasteiger partial charge in [-0.3, -0.25) is 14.7 Å². The molecule has 158 valence electrons. The van der Waals surface area contributed by atoms with Crippen molar-refractivity contribution >= 4 is 23.6 Å². The molecule has 2 aromatic carbocycles. The second kappa shape index (κ2) is 8.77. The lowest BCUT2D eigenvalue weighted by atomic mass is 10.1. The Labute approximate surface area is 184 Å². The number of aromatic nitrogens is 4. The van der Waals surface area contributed by atoms with E-state index in [1.54, 1.807) is 13.0 Å². The van der Waals surface area contributed by atoms with Crippen LogP contribution in [0.1, 0.15) is 23.7 Å². The van der Waals surface area contributed by atoms with Gasteiger partial charge in [0.25, 0.3) is 0 Å². The number of nitrogens with zero attached hydrogens (tertiary/aromatic N) is 4. The molecular formula is C23H23N5O2S. The monoisotopic (exact) mass is 433 g/mol. The van der Waals surface area contributed by atoms with E-state index in [-0.39, 0.29) is 5.91 Å². The molecular weight excluding hydrogens is 410 g/mol. The highest BCUT2D eigenvalue weighted by Gasteiger charge is 2.23. The van der Waals surface area contributed by atoms with Crippen LogP contribution in [-0.4, -0.2) is 31.1 Å². The van der Waals surface area contributed by atoms with E-state index in [1.807, 2.05) is 47.9 Å². The zero-order chi connectivity index (χ0) is 22.0. The van der Waals surface area contributed by atoms with Crippen molar-refractivity contribution in [1.82, 2.24) is 19.9 Å². The number of hydrogen-bond donors (Lipinski definition) is 1. The van der Waals surface area contributed by atoms with E-state index >= 15 is 0 Å². The van der Waals surface area contributed by atoms with Crippen LogP contribution < -0.4 is 5.32 Å². The molecule has 4 aromatic rings. The second-order valence-corrected chi connectivity index (χ2v) is 8.67. The third-order valence-corrected chi connectivity index (χ3v) is 5.98. The van der Waals surface area contributed by atoms with Crippen LogP contribution in [0.5, 0.6) is 0 Å². The maximum atomic E-state index is 12.7. The maximum Gasteiger partial charge on any atom is 0.240 e. The van der Waals surface area contributed by atoms with Crippen LogP contribution in [0.4, 0.5) is 5.88 Å². The molecule has 0 radical (unpaired) electrons.